The Morgan fingerprint density at radius 1 is 1.00 bits per heavy atom. The maximum atomic E-state index is 13.2. The van der Waals surface area contributed by atoms with Crippen LogP contribution >= 0.6 is 31.9 Å². The Bertz CT molecular complexity index is 464. The maximum absolute atomic E-state index is 13.2. The van der Waals surface area contributed by atoms with Gasteiger partial charge >= 0.3 is 17.0 Å². The molecule has 0 saturated carbocycles. The number of benzene rings is 1. The summed E-state index contributed by atoms with van der Waals surface area (Å²) in [6.45, 7) is 0. The highest BCUT2D eigenvalue weighted by molar-refractivity contribution is 9.12. The lowest BCUT2D eigenvalue weighted by molar-refractivity contribution is -0.195. The molecule has 0 aliphatic carbocycles. The van der Waals surface area contributed by atoms with Crippen LogP contribution in [0.15, 0.2) is 24.3 Å². The van der Waals surface area contributed by atoms with E-state index in [4.69, 9.17) is 5.11 Å². The molecule has 9 heteroatoms. The minimum absolute atomic E-state index is 0.307. The predicted molar refractivity (Wildman–Crippen MR) is 63.9 cm³/mol. The smallest absolute Gasteiger partial charge is 0.414 e. The molecule has 0 spiro atoms. The molecule has 1 unspecified atom stereocenters. The number of halogens is 7. The van der Waals surface area contributed by atoms with Gasteiger partial charge in [0.15, 0.2) is 0 Å². The minimum Gasteiger partial charge on any atom is -0.478 e. The summed E-state index contributed by atoms with van der Waals surface area (Å²) in [7, 11) is 0. The first-order valence-corrected chi connectivity index (χ1v) is 6.16. The quantitative estimate of drug-likeness (QED) is 0.586. The van der Waals surface area contributed by atoms with Gasteiger partial charge in [0.05, 0.1) is 5.56 Å². The van der Waals surface area contributed by atoms with Crippen molar-refractivity contribution in [1.82, 2.24) is 0 Å². The van der Waals surface area contributed by atoms with Gasteiger partial charge in [-0.05, 0) is 33.6 Å². The SMILES string of the molecule is O=C(O)c1ccc(C(Br)(C(F)(F)F)C(F)(F)Br)cc1. The van der Waals surface area contributed by atoms with E-state index >= 15 is 0 Å². The van der Waals surface area contributed by atoms with Crippen molar-refractivity contribution in [2.75, 3.05) is 0 Å². The van der Waals surface area contributed by atoms with Crippen molar-refractivity contribution in [1.29, 1.82) is 0 Å². The lowest BCUT2D eigenvalue weighted by Crippen LogP contribution is -2.48. The number of rotatable bonds is 3. The second-order valence-electron chi connectivity index (χ2n) is 3.54. The van der Waals surface area contributed by atoms with Crippen LogP contribution in [0, 0.1) is 0 Å². The van der Waals surface area contributed by atoms with Crippen LogP contribution in [-0.2, 0) is 4.32 Å². The molecule has 2 nitrogen and oxygen atoms in total. The number of alkyl halides is 7. The average Bonchev–Trinajstić information content (AvgIpc) is 2.25. The molecule has 19 heavy (non-hydrogen) atoms. The molecule has 0 saturated heterocycles. The Hall–Kier alpha value is -0.700. The maximum Gasteiger partial charge on any atom is 0.414 e. The van der Waals surface area contributed by atoms with Crippen molar-refractivity contribution in [2.45, 2.75) is 15.3 Å². The number of hydrogen-bond donors (Lipinski definition) is 1. The fourth-order valence-electron chi connectivity index (χ4n) is 1.33. The van der Waals surface area contributed by atoms with Gasteiger partial charge in [-0.3, -0.25) is 0 Å². The summed E-state index contributed by atoms with van der Waals surface area (Å²) in [5.74, 6) is -1.37. The number of hydrogen-bond acceptors (Lipinski definition) is 1. The van der Waals surface area contributed by atoms with Gasteiger partial charge in [-0.1, -0.05) is 28.1 Å². The van der Waals surface area contributed by atoms with Crippen LogP contribution in [0.3, 0.4) is 0 Å². The molecular weight excluding hydrogens is 407 g/mol. The lowest BCUT2D eigenvalue weighted by Gasteiger charge is -2.34. The van der Waals surface area contributed by atoms with Crippen LogP contribution < -0.4 is 0 Å². The summed E-state index contributed by atoms with van der Waals surface area (Å²) in [6.07, 6.45) is -5.30. The number of carboxylic acids is 1. The fourth-order valence-corrected chi connectivity index (χ4v) is 2.05. The van der Waals surface area contributed by atoms with Crippen molar-refractivity contribution in [2.24, 2.45) is 0 Å². The van der Waals surface area contributed by atoms with Gasteiger partial charge in [0.25, 0.3) is 0 Å². The summed E-state index contributed by atoms with van der Waals surface area (Å²) < 4.78 is 61.5. The van der Waals surface area contributed by atoms with Gasteiger partial charge in [0.1, 0.15) is 0 Å². The molecule has 0 aromatic heterocycles. The minimum atomic E-state index is -5.30. The highest BCUT2D eigenvalue weighted by Crippen LogP contribution is 2.58. The molecule has 106 valence electrons. The molecule has 0 fully saturated rings. The second kappa shape index (κ2) is 5.01. The first-order valence-electron chi connectivity index (χ1n) is 4.57. The highest BCUT2D eigenvalue weighted by atomic mass is 79.9. The van der Waals surface area contributed by atoms with Crippen molar-refractivity contribution in [3.8, 4) is 0 Å². The van der Waals surface area contributed by atoms with Gasteiger partial charge in [-0.15, -0.1) is 0 Å². The van der Waals surface area contributed by atoms with Gasteiger partial charge < -0.3 is 5.11 Å². The largest absolute Gasteiger partial charge is 0.478 e. The van der Waals surface area contributed by atoms with Crippen molar-refractivity contribution >= 4 is 37.8 Å². The molecule has 1 aromatic rings. The molecule has 0 aliphatic rings. The van der Waals surface area contributed by atoms with E-state index < -0.39 is 26.9 Å². The first kappa shape index (κ1) is 16.4. The van der Waals surface area contributed by atoms with E-state index in [-0.39, 0.29) is 5.56 Å². The van der Waals surface area contributed by atoms with Crippen LogP contribution in [0.2, 0.25) is 0 Å². The van der Waals surface area contributed by atoms with Gasteiger partial charge in [0.2, 0.25) is 4.32 Å². The van der Waals surface area contributed by atoms with E-state index in [9.17, 15) is 26.7 Å². The van der Waals surface area contributed by atoms with Crippen LogP contribution in [0.25, 0.3) is 0 Å². The summed E-state index contributed by atoms with van der Waals surface area (Å²) in [5.41, 5.74) is -1.12. The molecule has 0 aliphatic heterocycles. The standard InChI is InChI=1S/C10H5Br2F5O2/c11-8(9(12,13)14,10(15,16)17)6-3-1-5(2-4-6)7(18)19/h1-4H,(H,18,19). The van der Waals surface area contributed by atoms with Crippen LogP contribution in [0.5, 0.6) is 0 Å². The molecule has 0 heterocycles. The Balaban J connectivity index is 3.40. The zero-order valence-corrected chi connectivity index (χ0v) is 12.0. The van der Waals surface area contributed by atoms with Crippen LogP contribution in [0.1, 0.15) is 15.9 Å². The third kappa shape index (κ3) is 2.91. The van der Waals surface area contributed by atoms with Crippen LogP contribution in [-0.4, -0.2) is 22.1 Å². The van der Waals surface area contributed by atoms with Gasteiger partial charge in [-0.2, -0.15) is 22.0 Å². The summed E-state index contributed by atoms with van der Waals surface area (Å²) in [4.78, 5) is 6.25. The summed E-state index contributed by atoms with van der Waals surface area (Å²) in [6, 6.07) is 3.00. The van der Waals surface area contributed by atoms with Crippen molar-refractivity contribution in [3.63, 3.8) is 0 Å². The second-order valence-corrected chi connectivity index (χ2v) is 5.72. The third-order valence-corrected chi connectivity index (χ3v) is 4.84. The van der Waals surface area contributed by atoms with Gasteiger partial charge in [0, 0.05) is 0 Å². The monoisotopic (exact) mass is 410 g/mol. The van der Waals surface area contributed by atoms with E-state index in [2.05, 4.69) is 0 Å². The van der Waals surface area contributed by atoms with Gasteiger partial charge in [-0.25, -0.2) is 4.79 Å². The summed E-state index contributed by atoms with van der Waals surface area (Å²) >= 11 is 3.73. The topological polar surface area (TPSA) is 37.3 Å². The molecule has 1 rings (SSSR count). The normalized spacial score (nSPS) is 15.9. The van der Waals surface area contributed by atoms with Crippen molar-refractivity contribution in [3.05, 3.63) is 35.4 Å². The average molecular weight is 412 g/mol. The van der Waals surface area contributed by atoms with E-state index in [1.54, 1.807) is 15.9 Å². The summed E-state index contributed by atoms with van der Waals surface area (Å²) in [5, 5.41) is 8.61. The fraction of sp³-hybridized carbons (Fsp3) is 0.300. The molecule has 1 aromatic carbocycles. The van der Waals surface area contributed by atoms with E-state index in [0.29, 0.717) is 12.1 Å². The Labute approximate surface area is 120 Å². The molecule has 0 amide bonds. The molecule has 1 N–H and O–H groups in total. The Morgan fingerprint density at radius 2 is 1.42 bits per heavy atom. The molecule has 1 atom stereocenters. The zero-order chi connectivity index (χ0) is 15.1. The van der Waals surface area contributed by atoms with E-state index in [1.165, 1.54) is 0 Å². The number of carbonyl (C=O) groups is 1. The van der Waals surface area contributed by atoms with Crippen LogP contribution in [0.4, 0.5) is 22.0 Å². The number of aromatic carboxylic acids is 1. The molecule has 0 radical (unpaired) electrons. The molecular formula is C10H5Br2F5O2. The predicted octanol–water partition coefficient (Wildman–Crippen LogP) is 4.53. The first-order chi connectivity index (χ1) is 8.41. The van der Waals surface area contributed by atoms with E-state index in [1.807, 2.05) is 15.9 Å². The zero-order valence-electron chi connectivity index (χ0n) is 8.81. The van der Waals surface area contributed by atoms with Crippen molar-refractivity contribution < 1.29 is 31.9 Å². The molecule has 0 bridgehead atoms. The Morgan fingerprint density at radius 3 is 1.68 bits per heavy atom. The Kier molecular flexibility index (Phi) is 4.31. The highest BCUT2D eigenvalue weighted by Gasteiger charge is 2.68. The lowest BCUT2D eigenvalue weighted by atomic mass is 9.97. The van der Waals surface area contributed by atoms with E-state index in [0.717, 1.165) is 12.1 Å². The third-order valence-electron chi connectivity index (χ3n) is 2.31. The number of carboxylic acid groups (broad SMARTS) is 1.